The Balaban J connectivity index is 2.38. The van der Waals surface area contributed by atoms with Crippen LogP contribution in [0.25, 0.3) is 0 Å². The lowest BCUT2D eigenvalue weighted by Gasteiger charge is -2.09. The number of rotatable bonds is 3. The van der Waals surface area contributed by atoms with Crippen LogP contribution in [0, 0.1) is 6.92 Å². The van der Waals surface area contributed by atoms with Crippen molar-refractivity contribution in [3.05, 3.63) is 57.4 Å². The van der Waals surface area contributed by atoms with Crippen LogP contribution in [-0.2, 0) is 12.7 Å². The number of carboxylic acids is 1. The van der Waals surface area contributed by atoms with Gasteiger partial charge in [-0.1, -0.05) is 0 Å². The third kappa shape index (κ3) is 3.15. The van der Waals surface area contributed by atoms with Crippen molar-refractivity contribution in [3.63, 3.8) is 0 Å². The van der Waals surface area contributed by atoms with Crippen molar-refractivity contribution >= 4 is 5.97 Å². The van der Waals surface area contributed by atoms with Crippen molar-refractivity contribution in [2.75, 3.05) is 0 Å². The van der Waals surface area contributed by atoms with Gasteiger partial charge in [-0.05, 0) is 19.1 Å². The molecule has 0 spiro atoms. The molecule has 2 heterocycles. The monoisotopic (exact) mass is 301 g/mol. The minimum absolute atomic E-state index is 0.0892. The zero-order valence-electron chi connectivity index (χ0n) is 10.8. The molecule has 0 saturated carbocycles. The first-order valence-corrected chi connectivity index (χ1v) is 5.79. The second-order valence-corrected chi connectivity index (χ2v) is 4.41. The highest BCUT2D eigenvalue weighted by Crippen LogP contribution is 2.28. The number of halogens is 3. The van der Waals surface area contributed by atoms with Crippen LogP contribution < -0.4 is 5.56 Å². The number of alkyl halides is 3. The van der Waals surface area contributed by atoms with Crippen LogP contribution in [0.4, 0.5) is 13.2 Å². The summed E-state index contributed by atoms with van der Waals surface area (Å²) in [6.45, 7) is 1.21. The predicted octanol–water partition coefficient (Wildman–Crippen LogP) is 2.52. The standard InChI is InChI=1S/C13H10F3NO4/c1-7-4-9(21-11(7)12(19)20)6-17-5-8(13(14,15)16)2-3-10(17)18/h2-5H,6H2,1H3,(H,19,20). The number of hydrogen-bond acceptors (Lipinski definition) is 3. The maximum absolute atomic E-state index is 12.6. The fourth-order valence-electron chi connectivity index (χ4n) is 1.83. The second kappa shape index (κ2) is 5.12. The largest absolute Gasteiger partial charge is 0.475 e. The van der Waals surface area contributed by atoms with Gasteiger partial charge in [-0.3, -0.25) is 4.79 Å². The molecule has 112 valence electrons. The lowest BCUT2D eigenvalue weighted by molar-refractivity contribution is -0.138. The van der Waals surface area contributed by atoms with Gasteiger partial charge in [-0.15, -0.1) is 0 Å². The number of carbonyl (C=O) groups is 1. The van der Waals surface area contributed by atoms with Crippen molar-refractivity contribution in [1.82, 2.24) is 4.57 Å². The van der Waals surface area contributed by atoms with Crippen molar-refractivity contribution < 1.29 is 27.5 Å². The summed E-state index contributed by atoms with van der Waals surface area (Å²) >= 11 is 0. The minimum atomic E-state index is -4.57. The third-order valence-corrected chi connectivity index (χ3v) is 2.80. The van der Waals surface area contributed by atoms with E-state index >= 15 is 0 Å². The van der Waals surface area contributed by atoms with E-state index in [4.69, 9.17) is 9.52 Å². The molecule has 0 unspecified atom stereocenters. The molecule has 2 aromatic rings. The first kappa shape index (κ1) is 14.9. The summed E-state index contributed by atoms with van der Waals surface area (Å²) in [5, 5.41) is 8.84. The lowest BCUT2D eigenvalue weighted by Crippen LogP contribution is -2.21. The molecular formula is C13H10F3NO4. The van der Waals surface area contributed by atoms with E-state index in [0.717, 1.165) is 10.6 Å². The Labute approximate surface area is 116 Å². The molecular weight excluding hydrogens is 291 g/mol. The van der Waals surface area contributed by atoms with E-state index < -0.39 is 23.3 Å². The second-order valence-electron chi connectivity index (χ2n) is 4.41. The highest BCUT2D eigenvalue weighted by molar-refractivity contribution is 5.86. The molecule has 0 fully saturated rings. The Morgan fingerprint density at radius 1 is 1.38 bits per heavy atom. The molecule has 8 heteroatoms. The topological polar surface area (TPSA) is 72.4 Å². The van der Waals surface area contributed by atoms with Gasteiger partial charge in [0.25, 0.3) is 5.56 Å². The van der Waals surface area contributed by atoms with Crippen LogP contribution in [0.1, 0.15) is 27.4 Å². The van der Waals surface area contributed by atoms with Gasteiger partial charge >= 0.3 is 12.1 Å². The normalized spacial score (nSPS) is 11.6. The number of nitrogens with zero attached hydrogens (tertiary/aromatic N) is 1. The van der Waals surface area contributed by atoms with Crippen molar-refractivity contribution in [2.45, 2.75) is 19.6 Å². The first-order valence-electron chi connectivity index (χ1n) is 5.79. The summed E-state index contributed by atoms with van der Waals surface area (Å²) in [5.41, 5.74) is -1.28. The van der Waals surface area contributed by atoms with Gasteiger partial charge in [-0.2, -0.15) is 13.2 Å². The molecule has 0 radical (unpaired) electrons. The zero-order valence-corrected chi connectivity index (χ0v) is 10.8. The summed E-state index contributed by atoms with van der Waals surface area (Å²) < 4.78 is 43.6. The Bertz CT molecular complexity index is 743. The predicted molar refractivity (Wildman–Crippen MR) is 65.2 cm³/mol. The van der Waals surface area contributed by atoms with E-state index in [0.29, 0.717) is 17.8 Å². The van der Waals surface area contributed by atoms with E-state index in [1.165, 1.54) is 13.0 Å². The molecule has 0 atom stereocenters. The molecule has 0 aliphatic rings. The van der Waals surface area contributed by atoms with Crippen LogP contribution in [0.15, 0.2) is 33.6 Å². The molecule has 0 amide bonds. The van der Waals surface area contributed by atoms with Gasteiger partial charge in [0.1, 0.15) is 5.76 Å². The minimum Gasteiger partial charge on any atom is -0.475 e. The summed E-state index contributed by atoms with van der Waals surface area (Å²) in [4.78, 5) is 22.4. The van der Waals surface area contributed by atoms with Gasteiger partial charge in [-0.25, -0.2) is 4.79 Å². The number of pyridine rings is 1. The van der Waals surface area contributed by atoms with Crippen molar-refractivity contribution in [1.29, 1.82) is 0 Å². The summed E-state index contributed by atoms with van der Waals surface area (Å²) in [7, 11) is 0. The highest BCUT2D eigenvalue weighted by Gasteiger charge is 2.31. The Kier molecular flexibility index (Phi) is 3.63. The molecule has 0 aliphatic carbocycles. The Hall–Kier alpha value is -2.51. The van der Waals surface area contributed by atoms with Gasteiger partial charge in [0.15, 0.2) is 0 Å². The number of aromatic carboxylic acids is 1. The Morgan fingerprint density at radius 2 is 2.05 bits per heavy atom. The van der Waals surface area contributed by atoms with Crippen LogP contribution in [0.3, 0.4) is 0 Å². The van der Waals surface area contributed by atoms with E-state index in [-0.39, 0.29) is 18.1 Å². The van der Waals surface area contributed by atoms with Gasteiger partial charge in [0.2, 0.25) is 5.76 Å². The van der Waals surface area contributed by atoms with Gasteiger partial charge in [0.05, 0.1) is 12.1 Å². The number of furan rings is 1. The summed E-state index contributed by atoms with van der Waals surface area (Å²) in [6, 6.07) is 2.86. The van der Waals surface area contributed by atoms with E-state index in [1.807, 2.05) is 0 Å². The number of carboxylic acid groups (broad SMARTS) is 1. The highest BCUT2D eigenvalue weighted by atomic mass is 19.4. The molecule has 21 heavy (non-hydrogen) atoms. The quantitative estimate of drug-likeness (QED) is 0.945. The van der Waals surface area contributed by atoms with Crippen LogP contribution in [0.2, 0.25) is 0 Å². The lowest BCUT2D eigenvalue weighted by atomic mass is 10.2. The summed E-state index contributed by atoms with van der Waals surface area (Å²) in [6.07, 6.45) is -3.90. The van der Waals surface area contributed by atoms with E-state index in [2.05, 4.69) is 0 Å². The number of aryl methyl sites for hydroxylation is 1. The molecule has 0 bridgehead atoms. The van der Waals surface area contributed by atoms with Crippen LogP contribution in [-0.4, -0.2) is 15.6 Å². The fraction of sp³-hybridized carbons (Fsp3) is 0.231. The molecule has 0 aliphatic heterocycles. The van der Waals surface area contributed by atoms with Crippen LogP contribution in [0.5, 0.6) is 0 Å². The van der Waals surface area contributed by atoms with Crippen molar-refractivity contribution in [2.24, 2.45) is 0 Å². The molecule has 2 aromatic heterocycles. The smallest absolute Gasteiger partial charge is 0.417 e. The van der Waals surface area contributed by atoms with E-state index in [9.17, 15) is 22.8 Å². The molecule has 5 nitrogen and oxygen atoms in total. The molecule has 0 aromatic carbocycles. The zero-order chi connectivity index (χ0) is 15.8. The van der Waals surface area contributed by atoms with Crippen LogP contribution >= 0.6 is 0 Å². The summed E-state index contributed by atoms with van der Waals surface area (Å²) in [5.74, 6) is -1.49. The Morgan fingerprint density at radius 3 is 2.57 bits per heavy atom. The van der Waals surface area contributed by atoms with Gasteiger partial charge in [0, 0.05) is 17.8 Å². The molecule has 1 N–H and O–H groups in total. The maximum Gasteiger partial charge on any atom is 0.417 e. The third-order valence-electron chi connectivity index (χ3n) is 2.80. The molecule has 2 rings (SSSR count). The van der Waals surface area contributed by atoms with E-state index in [1.54, 1.807) is 0 Å². The maximum atomic E-state index is 12.6. The first-order chi connectivity index (χ1) is 9.68. The average molecular weight is 301 g/mol. The van der Waals surface area contributed by atoms with Crippen molar-refractivity contribution in [3.8, 4) is 0 Å². The number of hydrogen-bond donors (Lipinski definition) is 1. The average Bonchev–Trinajstić information content (AvgIpc) is 2.72. The SMILES string of the molecule is Cc1cc(Cn2cc(C(F)(F)F)ccc2=O)oc1C(=O)O. The fourth-order valence-corrected chi connectivity index (χ4v) is 1.83. The number of aromatic nitrogens is 1. The van der Waals surface area contributed by atoms with Gasteiger partial charge < -0.3 is 14.1 Å². The molecule has 0 saturated heterocycles.